The van der Waals surface area contributed by atoms with E-state index in [1.165, 1.54) is 5.56 Å². The molecule has 1 aromatic carbocycles. The molecule has 0 saturated carbocycles. The summed E-state index contributed by atoms with van der Waals surface area (Å²) in [5.74, 6) is 0.834. The molecule has 0 fully saturated rings. The molecule has 0 amide bonds. The predicted molar refractivity (Wildman–Crippen MR) is 99.0 cm³/mol. The first-order chi connectivity index (χ1) is 12.3. The summed E-state index contributed by atoms with van der Waals surface area (Å²) in [7, 11) is 0. The minimum absolute atomic E-state index is 0.309. The zero-order valence-corrected chi connectivity index (χ0v) is 14.9. The highest BCUT2D eigenvalue weighted by Gasteiger charge is 2.17. The van der Waals surface area contributed by atoms with Crippen molar-refractivity contribution in [2.75, 3.05) is 0 Å². The van der Waals surface area contributed by atoms with Gasteiger partial charge in [-0.25, -0.2) is 0 Å². The molecule has 0 aliphatic heterocycles. The van der Waals surface area contributed by atoms with Crippen LogP contribution in [0.5, 0.6) is 0 Å². The Balaban J connectivity index is 1.92. The maximum absolute atomic E-state index is 8.79. The number of benzene rings is 1. The summed E-state index contributed by atoms with van der Waals surface area (Å²) in [5.41, 5.74) is 2.19. The van der Waals surface area contributed by atoms with Gasteiger partial charge < -0.3 is 0 Å². The highest BCUT2D eigenvalue weighted by molar-refractivity contribution is 7.99. The molecule has 0 saturated heterocycles. The maximum Gasteiger partial charge on any atom is 0.192 e. The Morgan fingerprint density at radius 2 is 1.88 bits per heavy atom. The highest BCUT2D eigenvalue weighted by atomic mass is 32.2. The van der Waals surface area contributed by atoms with Gasteiger partial charge in [-0.2, -0.15) is 5.26 Å². The third-order valence-electron chi connectivity index (χ3n) is 3.81. The van der Waals surface area contributed by atoms with E-state index >= 15 is 0 Å². The molecule has 0 aliphatic rings. The van der Waals surface area contributed by atoms with Crippen molar-refractivity contribution in [1.29, 1.82) is 5.26 Å². The molecule has 3 aromatic rings. The zero-order valence-electron chi connectivity index (χ0n) is 14.0. The van der Waals surface area contributed by atoms with E-state index < -0.39 is 0 Å². The number of hydrogen-bond donors (Lipinski definition) is 0. The molecule has 1 atom stereocenters. The van der Waals surface area contributed by atoms with E-state index in [4.69, 9.17) is 5.26 Å². The third-order valence-corrected chi connectivity index (χ3v) is 4.96. The molecule has 0 bridgehead atoms. The summed E-state index contributed by atoms with van der Waals surface area (Å²) >= 11 is 1.67. The van der Waals surface area contributed by atoms with Crippen molar-refractivity contribution < 1.29 is 0 Å². The molecule has 0 spiro atoms. The van der Waals surface area contributed by atoms with Crippen LogP contribution in [0, 0.1) is 11.3 Å². The fourth-order valence-corrected chi connectivity index (χ4v) is 3.47. The molecular weight excluding hydrogens is 330 g/mol. The minimum atomic E-state index is 0.309. The standard InChI is InChI=1S/C19H19N5S/c1-15(6-5-11-20)25-19-23-22-18(17-9-12-21-13-10-17)24(19)14-16-7-3-2-4-8-16/h2-4,7-10,12-13,15H,5-6,14H2,1H3. The van der Waals surface area contributed by atoms with Crippen LogP contribution in [0.4, 0.5) is 0 Å². The minimum Gasteiger partial charge on any atom is -0.298 e. The van der Waals surface area contributed by atoms with Gasteiger partial charge in [0.25, 0.3) is 0 Å². The van der Waals surface area contributed by atoms with Gasteiger partial charge in [-0.1, -0.05) is 49.0 Å². The molecule has 0 N–H and O–H groups in total. The first-order valence-corrected chi connectivity index (χ1v) is 9.07. The fraction of sp³-hybridized carbons (Fsp3) is 0.263. The molecule has 1 unspecified atom stereocenters. The Hall–Kier alpha value is -2.65. The second kappa shape index (κ2) is 8.45. The van der Waals surface area contributed by atoms with Crippen LogP contribution in [0.15, 0.2) is 60.0 Å². The van der Waals surface area contributed by atoms with Gasteiger partial charge in [0.2, 0.25) is 0 Å². The normalized spacial score (nSPS) is 11.8. The van der Waals surface area contributed by atoms with Crippen molar-refractivity contribution >= 4 is 11.8 Å². The lowest BCUT2D eigenvalue weighted by Gasteiger charge is -2.13. The van der Waals surface area contributed by atoms with Crippen LogP contribution in [0.1, 0.15) is 25.3 Å². The Morgan fingerprint density at radius 3 is 2.60 bits per heavy atom. The van der Waals surface area contributed by atoms with E-state index in [9.17, 15) is 0 Å². The van der Waals surface area contributed by atoms with Crippen LogP contribution in [-0.2, 0) is 6.54 Å². The monoisotopic (exact) mass is 349 g/mol. The summed E-state index contributed by atoms with van der Waals surface area (Å²) in [6.07, 6.45) is 4.92. The first kappa shape index (κ1) is 17.2. The van der Waals surface area contributed by atoms with E-state index in [1.807, 2.05) is 30.3 Å². The van der Waals surface area contributed by atoms with Crippen molar-refractivity contribution in [3.05, 3.63) is 60.4 Å². The van der Waals surface area contributed by atoms with Crippen LogP contribution in [0.25, 0.3) is 11.4 Å². The lowest BCUT2D eigenvalue weighted by Crippen LogP contribution is -2.06. The Kier molecular flexibility index (Phi) is 5.81. The average Bonchev–Trinajstić information content (AvgIpc) is 3.04. The van der Waals surface area contributed by atoms with Gasteiger partial charge in [0.1, 0.15) is 0 Å². The lowest BCUT2D eigenvalue weighted by molar-refractivity contribution is 0.709. The lowest BCUT2D eigenvalue weighted by atomic mass is 10.2. The van der Waals surface area contributed by atoms with Crippen molar-refractivity contribution in [3.63, 3.8) is 0 Å². The van der Waals surface area contributed by atoms with Gasteiger partial charge >= 0.3 is 0 Å². The van der Waals surface area contributed by atoms with Crippen molar-refractivity contribution in [1.82, 2.24) is 19.7 Å². The average molecular weight is 349 g/mol. The van der Waals surface area contributed by atoms with Crippen LogP contribution < -0.4 is 0 Å². The maximum atomic E-state index is 8.79. The Bertz CT molecular complexity index is 839. The fourth-order valence-electron chi connectivity index (χ4n) is 2.51. The summed E-state index contributed by atoms with van der Waals surface area (Å²) < 4.78 is 2.14. The molecule has 0 radical (unpaired) electrons. The van der Waals surface area contributed by atoms with Crippen LogP contribution in [0.2, 0.25) is 0 Å². The number of nitriles is 1. The quantitative estimate of drug-likeness (QED) is 0.599. The zero-order chi connectivity index (χ0) is 17.5. The molecular formula is C19H19N5S. The summed E-state index contributed by atoms with van der Waals surface area (Å²) in [6, 6.07) is 16.4. The van der Waals surface area contributed by atoms with Crippen molar-refractivity contribution in [2.24, 2.45) is 0 Å². The predicted octanol–water partition coefficient (Wildman–Crippen LogP) is 4.17. The SMILES string of the molecule is CC(CCC#N)Sc1nnc(-c2ccncc2)n1Cc1ccccc1. The summed E-state index contributed by atoms with van der Waals surface area (Å²) in [6.45, 7) is 2.83. The Labute approximate surface area is 151 Å². The number of nitrogens with zero attached hydrogens (tertiary/aromatic N) is 5. The largest absolute Gasteiger partial charge is 0.298 e. The van der Waals surface area contributed by atoms with E-state index in [1.54, 1.807) is 24.2 Å². The number of thioether (sulfide) groups is 1. The van der Waals surface area contributed by atoms with Crippen LogP contribution in [-0.4, -0.2) is 25.0 Å². The van der Waals surface area contributed by atoms with Crippen LogP contribution in [0.3, 0.4) is 0 Å². The van der Waals surface area contributed by atoms with E-state index in [0.29, 0.717) is 18.2 Å². The van der Waals surface area contributed by atoms with Crippen molar-refractivity contribution in [3.8, 4) is 17.5 Å². The molecule has 3 rings (SSSR count). The second-order valence-corrected chi connectivity index (χ2v) is 7.14. The summed E-state index contributed by atoms with van der Waals surface area (Å²) in [4.78, 5) is 4.08. The number of pyridine rings is 1. The van der Waals surface area contributed by atoms with Gasteiger partial charge in [0.05, 0.1) is 12.6 Å². The third kappa shape index (κ3) is 4.46. The smallest absolute Gasteiger partial charge is 0.192 e. The van der Waals surface area contributed by atoms with Gasteiger partial charge in [-0.15, -0.1) is 10.2 Å². The summed E-state index contributed by atoms with van der Waals surface area (Å²) in [5, 5.41) is 18.8. The molecule has 126 valence electrons. The topological polar surface area (TPSA) is 67.4 Å². The highest BCUT2D eigenvalue weighted by Crippen LogP contribution is 2.29. The van der Waals surface area contributed by atoms with Crippen molar-refractivity contribution in [2.45, 2.75) is 36.7 Å². The molecule has 2 aromatic heterocycles. The second-order valence-electron chi connectivity index (χ2n) is 5.74. The van der Waals surface area contributed by atoms with E-state index in [0.717, 1.165) is 23.0 Å². The molecule has 25 heavy (non-hydrogen) atoms. The van der Waals surface area contributed by atoms with Gasteiger partial charge in [0, 0.05) is 29.6 Å². The van der Waals surface area contributed by atoms with Crippen LogP contribution >= 0.6 is 11.8 Å². The molecule has 2 heterocycles. The molecule has 6 heteroatoms. The molecule has 5 nitrogen and oxygen atoms in total. The Morgan fingerprint density at radius 1 is 1.12 bits per heavy atom. The number of rotatable bonds is 7. The van der Waals surface area contributed by atoms with E-state index in [-0.39, 0.29) is 0 Å². The van der Waals surface area contributed by atoms with E-state index in [2.05, 4.69) is 44.9 Å². The van der Waals surface area contributed by atoms with Gasteiger partial charge in [-0.05, 0) is 24.1 Å². The first-order valence-electron chi connectivity index (χ1n) is 8.19. The van der Waals surface area contributed by atoms with Gasteiger partial charge in [0.15, 0.2) is 11.0 Å². The number of hydrogen-bond acceptors (Lipinski definition) is 5. The number of aromatic nitrogens is 4. The van der Waals surface area contributed by atoms with Gasteiger partial charge in [-0.3, -0.25) is 9.55 Å². The molecule has 0 aliphatic carbocycles.